The molecule has 4 nitrogen and oxygen atoms in total. The van der Waals surface area contributed by atoms with Crippen LogP contribution in [0.4, 0.5) is 0 Å². The molecule has 0 saturated heterocycles. The Morgan fingerprint density at radius 3 is 3.00 bits per heavy atom. The van der Waals surface area contributed by atoms with Gasteiger partial charge >= 0.3 is 0 Å². The van der Waals surface area contributed by atoms with Crippen molar-refractivity contribution in [3.8, 4) is 17.5 Å². The minimum atomic E-state index is 0.197. The maximum Gasteiger partial charge on any atom is 0.222 e. The summed E-state index contributed by atoms with van der Waals surface area (Å²) < 4.78 is 0. The molecule has 74 valence electrons. The van der Waals surface area contributed by atoms with Crippen LogP contribution in [0.3, 0.4) is 0 Å². The maximum absolute atomic E-state index is 8.51. The molecule has 0 amide bonds. The number of thiazole rings is 1. The lowest BCUT2D eigenvalue weighted by atomic mass is 10.3. The van der Waals surface area contributed by atoms with Crippen molar-refractivity contribution >= 4 is 22.9 Å². The topological polar surface area (TPSA) is 62.5 Å². The van der Waals surface area contributed by atoms with Crippen LogP contribution in [0.5, 0.6) is 0 Å². The predicted octanol–water partition coefficient (Wildman–Crippen LogP) is 2.32. The first-order chi connectivity index (χ1) is 7.29. The van der Waals surface area contributed by atoms with Gasteiger partial charge in [-0.25, -0.2) is 15.0 Å². The van der Waals surface area contributed by atoms with Crippen molar-refractivity contribution in [3.05, 3.63) is 27.9 Å². The molecule has 0 saturated carbocycles. The van der Waals surface area contributed by atoms with Gasteiger partial charge in [0.15, 0.2) is 0 Å². The van der Waals surface area contributed by atoms with E-state index in [-0.39, 0.29) is 5.28 Å². The molecule has 0 aliphatic heterocycles. The molecular formula is C9H5ClN4S. The first kappa shape index (κ1) is 10.0. The third-order valence-corrected chi connectivity index (χ3v) is 2.70. The quantitative estimate of drug-likeness (QED) is 0.751. The molecule has 0 fully saturated rings. The van der Waals surface area contributed by atoms with Crippen LogP contribution in [0.15, 0.2) is 17.6 Å². The minimum Gasteiger partial charge on any atom is -0.238 e. The smallest absolute Gasteiger partial charge is 0.222 e. The summed E-state index contributed by atoms with van der Waals surface area (Å²) in [5.74, 6) is 0. The van der Waals surface area contributed by atoms with Gasteiger partial charge in [0.2, 0.25) is 5.28 Å². The number of nitriles is 1. The van der Waals surface area contributed by atoms with Gasteiger partial charge in [0.1, 0.15) is 10.7 Å². The fourth-order valence-corrected chi connectivity index (χ4v) is 1.92. The van der Waals surface area contributed by atoms with Crippen molar-refractivity contribution in [2.24, 2.45) is 0 Å². The molecular weight excluding hydrogens is 232 g/mol. The number of aromatic nitrogens is 3. The van der Waals surface area contributed by atoms with E-state index in [0.717, 1.165) is 10.7 Å². The molecule has 0 atom stereocenters. The van der Waals surface area contributed by atoms with Crippen LogP contribution in [0.2, 0.25) is 5.28 Å². The van der Waals surface area contributed by atoms with Gasteiger partial charge in [0.25, 0.3) is 0 Å². The molecule has 6 heteroatoms. The Labute approximate surface area is 95.2 Å². The van der Waals surface area contributed by atoms with Crippen molar-refractivity contribution in [1.82, 2.24) is 15.0 Å². The highest BCUT2D eigenvalue weighted by molar-refractivity contribution is 7.10. The highest BCUT2D eigenvalue weighted by Crippen LogP contribution is 2.20. The molecule has 0 spiro atoms. The average molecular weight is 237 g/mol. The molecule has 0 aromatic carbocycles. The molecule has 2 aromatic rings. The third kappa shape index (κ3) is 2.29. The van der Waals surface area contributed by atoms with Gasteiger partial charge in [-0.15, -0.1) is 11.3 Å². The van der Waals surface area contributed by atoms with Crippen LogP contribution in [-0.2, 0) is 6.42 Å². The summed E-state index contributed by atoms with van der Waals surface area (Å²) >= 11 is 7.10. The lowest BCUT2D eigenvalue weighted by Crippen LogP contribution is -1.87. The zero-order valence-electron chi connectivity index (χ0n) is 7.51. The van der Waals surface area contributed by atoms with Gasteiger partial charge in [-0.3, -0.25) is 0 Å². The minimum absolute atomic E-state index is 0.197. The van der Waals surface area contributed by atoms with Gasteiger partial charge in [-0.05, 0) is 17.7 Å². The van der Waals surface area contributed by atoms with E-state index in [4.69, 9.17) is 16.9 Å². The molecule has 2 heterocycles. The van der Waals surface area contributed by atoms with E-state index >= 15 is 0 Å². The zero-order chi connectivity index (χ0) is 10.7. The number of nitrogens with zero attached hydrogens (tertiary/aromatic N) is 4. The van der Waals surface area contributed by atoms with E-state index in [1.165, 1.54) is 11.3 Å². The van der Waals surface area contributed by atoms with E-state index in [0.29, 0.717) is 12.1 Å². The summed E-state index contributed by atoms with van der Waals surface area (Å²) in [7, 11) is 0. The fraction of sp³-hybridized carbons (Fsp3) is 0.111. The van der Waals surface area contributed by atoms with Crippen molar-refractivity contribution in [2.75, 3.05) is 0 Å². The highest BCUT2D eigenvalue weighted by atomic mass is 35.5. The van der Waals surface area contributed by atoms with Crippen LogP contribution in [0.1, 0.15) is 5.01 Å². The molecule has 2 aromatic heterocycles. The molecule has 2 rings (SSSR count). The lowest BCUT2D eigenvalue weighted by Gasteiger charge is -1.94. The maximum atomic E-state index is 8.51. The number of hydrogen-bond donors (Lipinski definition) is 0. The Morgan fingerprint density at radius 2 is 2.27 bits per heavy atom. The van der Waals surface area contributed by atoms with Gasteiger partial charge in [0, 0.05) is 11.6 Å². The molecule has 0 bridgehead atoms. The Balaban J connectivity index is 2.34. The second kappa shape index (κ2) is 4.34. The average Bonchev–Trinajstić information content (AvgIpc) is 2.67. The van der Waals surface area contributed by atoms with Gasteiger partial charge in [0.05, 0.1) is 18.2 Å². The summed E-state index contributed by atoms with van der Waals surface area (Å²) in [5.41, 5.74) is 1.41. The Morgan fingerprint density at radius 1 is 1.40 bits per heavy atom. The summed E-state index contributed by atoms with van der Waals surface area (Å²) in [6, 6.07) is 3.78. The second-order valence-electron chi connectivity index (χ2n) is 2.67. The summed E-state index contributed by atoms with van der Waals surface area (Å²) in [4.78, 5) is 12.1. The summed E-state index contributed by atoms with van der Waals surface area (Å²) in [5, 5.41) is 11.3. The Bertz CT molecular complexity index is 517. The van der Waals surface area contributed by atoms with Crippen LogP contribution in [0.25, 0.3) is 11.4 Å². The SMILES string of the molecule is N#CCc1nc(-c2ccnc(Cl)n2)cs1. The van der Waals surface area contributed by atoms with E-state index in [2.05, 4.69) is 15.0 Å². The Hall–Kier alpha value is -1.51. The number of rotatable bonds is 2. The van der Waals surface area contributed by atoms with Gasteiger partial charge in [-0.2, -0.15) is 5.26 Å². The lowest BCUT2D eigenvalue weighted by molar-refractivity contribution is 1.14. The molecule has 15 heavy (non-hydrogen) atoms. The number of hydrogen-bond acceptors (Lipinski definition) is 5. The van der Waals surface area contributed by atoms with Crippen molar-refractivity contribution in [3.63, 3.8) is 0 Å². The highest BCUT2D eigenvalue weighted by Gasteiger charge is 2.06. The Kier molecular flexibility index (Phi) is 2.90. The third-order valence-electron chi connectivity index (χ3n) is 1.67. The van der Waals surface area contributed by atoms with Crippen molar-refractivity contribution in [1.29, 1.82) is 5.26 Å². The first-order valence-electron chi connectivity index (χ1n) is 4.10. The van der Waals surface area contributed by atoms with Gasteiger partial charge < -0.3 is 0 Å². The van der Waals surface area contributed by atoms with Crippen LogP contribution >= 0.6 is 22.9 Å². The van der Waals surface area contributed by atoms with Gasteiger partial charge in [-0.1, -0.05) is 0 Å². The molecule has 0 aliphatic carbocycles. The monoisotopic (exact) mass is 236 g/mol. The zero-order valence-corrected chi connectivity index (χ0v) is 9.09. The largest absolute Gasteiger partial charge is 0.238 e. The molecule has 0 radical (unpaired) electrons. The van der Waals surface area contributed by atoms with Crippen molar-refractivity contribution in [2.45, 2.75) is 6.42 Å². The molecule has 0 unspecified atom stereocenters. The number of halogens is 1. The summed E-state index contributed by atoms with van der Waals surface area (Å²) in [6.07, 6.45) is 1.90. The van der Waals surface area contributed by atoms with Crippen LogP contribution < -0.4 is 0 Å². The van der Waals surface area contributed by atoms with E-state index < -0.39 is 0 Å². The standard InChI is InChI=1S/C9H5ClN4S/c10-9-12-4-2-6(14-9)7-5-15-8(13-7)1-3-11/h2,4-5H,1H2. The van der Waals surface area contributed by atoms with E-state index in [9.17, 15) is 0 Å². The fourth-order valence-electron chi connectivity index (χ4n) is 1.05. The normalized spacial score (nSPS) is 9.87. The van der Waals surface area contributed by atoms with Crippen LogP contribution in [-0.4, -0.2) is 15.0 Å². The molecule has 0 aliphatic rings. The van der Waals surface area contributed by atoms with Crippen LogP contribution in [0, 0.1) is 11.3 Å². The molecule has 0 N–H and O–H groups in total. The van der Waals surface area contributed by atoms with E-state index in [1.54, 1.807) is 12.3 Å². The van der Waals surface area contributed by atoms with E-state index in [1.807, 2.05) is 11.4 Å². The second-order valence-corrected chi connectivity index (χ2v) is 3.95. The first-order valence-corrected chi connectivity index (χ1v) is 5.35. The predicted molar refractivity (Wildman–Crippen MR) is 57.5 cm³/mol. The van der Waals surface area contributed by atoms with Crippen molar-refractivity contribution < 1.29 is 0 Å². The summed E-state index contributed by atoms with van der Waals surface area (Å²) in [6.45, 7) is 0.